The van der Waals surface area contributed by atoms with E-state index in [1.807, 2.05) is 50.3 Å². The number of para-hydroxylation sites is 2. The zero-order chi connectivity index (χ0) is 19.6. The molecule has 142 valence electrons. The van der Waals surface area contributed by atoms with E-state index in [2.05, 4.69) is 42.3 Å². The maximum atomic E-state index is 12.8. The van der Waals surface area contributed by atoms with Gasteiger partial charge in [0, 0.05) is 11.4 Å². The number of esters is 1. The fourth-order valence-corrected chi connectivity index (χ4v) is 3.31. The number of hydrogen-bond donors (Lipinski definition) is 0. The minimum atomic E-state index is -0.401. The van der Waals surface area contributed by atoms with Crippen LogP contribution in [0, 0.1) is 0 Å². The average Bonchev–Trinajstić information content (AvgIpc) is 2.68. The Hall–Kier alpha value is -2.81. The molecule has 0 radical (unpaired) electrons. The van der Waals surface area contributed by atoms with Crippen LogP contribution in [0.5, 0.6) is 0 Å². The van der Waals surface area contributed by atoms with Gasteiger partial charge in [-0.15, -0.1) is 13.2 Å². The molecule has 2 rings (SSSR count). The predicted octanol–water partition coefficient (Wildman–Crippen LogP) is 5.62. The highest BCUT2D eigenvalue weighted by molar-refractivity contribution is 5.85. The molecule has 0 bridgehead atoms. The molecule has 1 atom stereocenters. The highest BCUT2D eigenvalue weighted by Crippen LogP contribution is 2.35. The topological polar surface area (TPSA) is 29.5 Å². The van der Waals surface area contributed by atoms with E-state index < -0.39 is 6.04 Å². The van der Waals surface area contributed by atoms with E-state index in [0.717, 1.165) is 35.3 Å². The van der Waals surface area contributed by atoms with Crippen LogP contribution in [-0.4, -0.2) is 18.6 Å². The maximum Gasteiger partial charge on any atom is 0.329 e. The molecule has 0 aliphatic carbocycles. The monoisotopic (exact) mass is 363 g/mol. The van der Waals surface area contributed by atoms with Crippen LogP contribution in [0.25, 0.3) is 0 Å². The molecule has 0 aliphatic heterocycles. The third kappa shape index (κ3) is 4.88. The molecule has 0 heterocycles. The molecule has 0 aliphatic rings. The van der Waals surface area contributed by atoms with Crippen molar-refractivity contribution in [1.82, 2.24) is 0 Å². The van der Waals surface area contributed by atoms with Crippen LogP contribution in [0.2, 0.25) is 0 Å². The molecule has 0 amide bonds. The quantitative estimate of drug-likeness (QED) is 0.405. The van der Waals surface area contributed by atoms with Gasteiger partial charge in [-0.25, -0.2) is 4.79 Å². The van der Waals surface area contributed by atoms with Gasteiger partial charge in [0.2, 0.25) is 0 Å². The van der Waals surface area contributed by atoms with Crippen LogP contribution in [0.3, 0.4) is 0 Å². The smallest absolute Gasteiger partial charge is 0.329 e. The lowest BCUT2D eigenvalue weighted by molar-refractivity contribution is -0.144. The summed E-state index contributed by atoms with van der Waals surface area (Å²) < 4.78 is 5.40. The Balaban J connectivity index is 2.68. The van der Waals surface area contributed by atoms with Gasteiger partial charge in [0.15, 0.2) is 0 Å². The number of carbonyl (C=O) groups excluding carboxylic acids is 1. The van der Waals surface area contributed by atoms with E-state index in [9.17, 15) is 4.79 Å². The van der Waals surface area contributed by atoms with Crippen LogP contribution in [0.4, 0.5) is 11.4 Å². The van der Waals surface area contributed by atoms with Crippen LogP contribution >= 0.6 is 0 Å². The zero-order valence-corrected chi connectivity index (χ0v) is 16.4. The van der Waals surface area contributed by atoms with Crippen molar-refractivity contribution in [1.29, 1.82) is 0 Å². The molecular formula is C24H29NO2. The first-order valence-corrected chi connectivity index (χ1v) is 9.51. The normalized spacial score (nSPS) is 11.5. The summed E-state index contributed by atoms with van der Waals surface area (Å²) in [5.41, 5.74) is 4.27. The van der Waals surface area contributed by atoms with Crippen LogP contribution < -0.4 is 4.90 Å². The van der Waals surface area contributed by atoms with E-state index in [0.29, 0.717) is 13.0 Å². The number of carbonyl (C=O) groups is 1. The fourth-order valence-electron chi connectivity index (χ4n) is 3.31. The molecule has 0 saturated heterocycles. The Morgan fingerprint density at radius 3 is 1.85 bits per heavy atom. The summed E-state index contributed by atoms with van der Waals surface area (Å²) in [5.74, 6) is -0.207. The molecule has 3 heteroatoms. The molecule has 0 spiro atoms. The molecule has 2 aromatic rings. The van der Waals surface area contributed by atoms with Crippen molar-refractivity contribution in [2.45, 2.75) is 39.2 Å². The second kappa shape index (κ2) is 10.4. The van der Waals surface area contributed by atoms with Gasteiger partial charge in [-0.1, -0.05) is 55.5 Å². The number of nitrogens with zero attached hydrogens (tertiary/aromatic N) is 1. The lowest BCUT2D eigenvalue weighted by Gasteiger charge is -2.34. The minimum absolute atomic E-state index is 0.207. The molecule has 0 saturated carbocycles. The Morgan fingerprint density at radius 1 is 0.963 bits per heavy atom. The highest BCUT2D eigenvalue weighted by Gasteiger charge is 2.29. The summed E-state index contributed by atoms with van der Waals surface area (Å²) in [6, 6.07) is 15.9. The molecule has 27 heavy (non-hydrogen) atoms. The van der Waals surface area contributed by atoms with Crippen molar-refractivity contribution in [3.63, 3.8) is 0 Å². The lowest BCUT2D eigenvalue weighted by atomic mass is 10.0. The Morgan fingerprint density at radius 2 is 1.44 bits per heavy atom. The van der Waals surface area contributed by atoms with Gasteiger partial charge in [0.25, 0.3) is 0 Å². The Labute approximate surface area is 163 Å². The number of benzene rings is 2. The van der Waals surface area contributed by atoms with Gasteiger partial charge in [-0.3, -0.25) is 0 Å². The van der Waals surface area contributed by atoms with E-state index in [1.54, 1.807) is 0 Å². The first-order valence-electron chi connectivity index (χ1n) is 9.51. The second-order valence-electron chi connectivity index (χ2n) is 6.29. The van der Waals surface area contributed by atoms with E-state index in [1.165, 1.54) is 0 Å². The van der Waals surface area contributed by atoms with Gasteiger partial charge in [0.05, 0.1) is 6.61 Å². The largest absolute Gasteiger partial charge is 0.464 e. The summed E-state index contributed by atoms with van der Waals surface area (Å²) in [6.07, 6.45) is 5.88. The van der Waals surface area contributed by atoms with Crippen molar-refractivity contribution in [2.75, 3.05) is 11.5 Å². The fraction of sp³-hybridized carbons (Fsp3) is 0.292. The minimum Gasteiger partial charge on any atom is -0.464 e. The SMILES string of the molecule is C=CCc1ccccc1N(c1ccccc1CC=C)C(CC)C(=O)OCC. The maximum absolute atomic E-state index is 12.8. The van der Waals surface area contributed by atoms with Crippen molar-refractivity contribution in [3.8, 4) is 0 Å². The number of ether oxygens (including phenoxy) is 1. The van der Waals surface area contributed by atoms with Gasteiger partial charge in [0.1, 0.15) is 6.04 Å². The second-order valence-corrected chi connectivity index (χ2v) is 6.29. The third-order valence-corrected chi connectivity index (χ3v) is 4.49. The first kappa shape index (κ1) is 20.5. The standard InChI is InChI=1S/C24H29NO2/c1-5-13-19-15-9-11-17-22(19)25(21(7-3)24(26)27-8-4)23-18-12-10-16-20(23)14-6-2/h5-6,9-12,15-18,21H,1-2,7-8,13-14H2,3-4H3. The van der Waals surface area contributed by atoms with Gasteiger partial charge >= 0.3 is 5.97 Å². The van der Waals surface area contributed by atoms with Crippen molar-refractivity contribution in [3.05, 3.63) is 85.0 Å². The molecular weight excluding hydrogens is 334 g/mol. The summed E-state index contributed by atoms with van der Waals surface area (Å²) in [7, 11) is 0. The summed E-state index contributed by atoms with van der Waals surface area (Å²) in [6.45, 7) is 12.0. The Bertz CT molecular complexity index is 728. The highest BCUT2D eigenvalue weighted by atomic mass is 16.5. The van der Waals surface area contributed by atoms with E-state index >= 15 is 0 Å². The number of allylic oxidation sites excluding steroid dienone is 2. The van der Waals surface area contributed by atoms with Gasteiger partial charge in [-0.2, -0.15) is 0 Å². The summed E-state index contributed by atoms with van der Waals surface area (Å²) in [5, 5.41) is 0. The number of anilines is 2. The van der Waals surface area contributed by atoms with Crippen molar-refractivity contribution >= 4 is 17.3 Å². The molecule has 3 nitrogen and oxygen atoms in total. The zero-order valence-electron chi connectivity index (χ0n) is 16.4. The van der Waals surface area contributed by atoms with Crippen LogP contribution in [0.15, 0.2) is 73.8 Å². The predicted molar refractivity (Wildman–Crippen MR) is 114 cm³/mol. The van der Waals surface area contributed by atoms with E-state index in [-0.39, 0.29) is 5.97 Å². The van der Waals surface area contributed by atoms with Gasteiger partial charge < -0.3 is 9.64 Å². The van der Waals surface area contributed by atoms with Crippen LogP contribution in [-0.2, 0) is 22.4 Å². The molecule has 2 aromatic carbocycles. The van der Waals surface area contributed by atoms with Gasteiger partial charge in [-0.05, 0) is 49.4 Å². The van der Waals surface area contributed by atoms with E-state index in [4.69, 9.17) is 4.74 Å². The summed E-state index contributed by atoms with van der Waals surface area (Å²) >= 11 is 0. The number of rotatable bonds is 10. The molecule has 0 fully saturated rings. The molecule has 0 aromatic heterocycles. The Kier molecular flexibility index (Phi) is 7.87. The van der Waals surface area contributed by atoms with Crippen molar-refractivity contribution < 1.29 is 9.53 Å². The molecule has 0 N–H and O–H groups in total. The van der Waals surface area contributed by atoms with Crippen LogP contribution in [0.1, 0.15) is 31.4 Å². The summed E-state index contributed by atoms with van der Waals surface area (Å²) in [4.78, 5) is 14.9. The molecule has 1 unspecified atom stereocenters. The van der Waals surface area contributed by atoms with Crippen molar-refractivity contribution in [2.24, 2.45) is 0 Å². The lowest BCUT2D eigenvalue weighted by Crippen LogP contribution is -2.40. The third-order valence-electron chi connectivity index (χ3n) is 4.49. The average molecular weight is 364 g/mol. The first-order chi connectivity index (χ1) is 13.2. The number of hydrogen-bond acceptors (Lipinski definition) is 3.